The number of aryl methyl sites for hydroxylation is 1. The zero-order valence-electron chi connectivity index (χ0n) is 28.1. The van der Waals surface area contributed by atoms with Crippen LogP contribution in [0.1, 0.15) is 155 Å². The van der Waals surface area contributed by atoms with Crippen LogP contribution in [0.5, 0.6) is 5.75 Å². The first-order chi connectivity index (χ1) is 20.9. The van der Waals surface area contributed by atoms with Crippen LogP contribution in [0.3, 0.4) is 0 Å². The van der Waals surface area contributed by atoms with Gasteiger partial charge in [-0.05, 0) is 116 Å². The molecule has 1 aromatic carbocycles. The van der Waals surface area contributed by atoms with Gasteiger partial charge in [-0.3, -0.25) is 0 Å². The smallest absolute Gasteiger partial charge is 0.430 e. The van der Waals surface area contributed by atoms with Crippen molar-refractivity contribution >= 4 is 6.16 Å². The maximum Gasteiger partial charge on any atom is 0.514 e. The number of carbonyl (C=O) groups excluding carboxylic acids is 1. The Kier molecular flexibility index (Phi) is 11.4. The number of allylic oxidation sites excluding steroid dienone is 1. The van der Waals surface area contributed by atoms with Crippen LogP contribution in [0.25, 0.3) is 0 Å². The Labute approximate surface area is 264 Å². The van der Waals surface area contributed by atoms with Gasteiger partial charge in [-0.15, -0.1) is 0 Å². The normalized spacial score (nSPS) is 33.2. The molecule has 4 aliphatic rings. The van der Waals surface area contributed by atoms with E-state index in [1.54, 1.807) is 5.57 Å². The van der Waals surface area contributed by atoms with E-state index in [2.05, 4.69) is 45.9 Å². The van der Waals surface area contributed by atoms with Gasteiger partial charge < -0.3 is 9.47 Å². The summed E-state index contributed by atoms with van der Waals surface area (Å²) in [6, 6.07) is 7.99. The molecule has 3 nitrogen and oxygen atoms in total. The van der Waals surface area contributed by atoms with Gasteiger partial charge in [0.15, 0.2) is 0 Å². The van der Waals surface area contributed by atoms with Crippen LogP contribution in [0.15, 0.2) is 35.9 Å². The maximum atomic E-state index is 12.7. The summed E-state index contributed by atoms with van der Waals surface area (Å²) in [5.41, 5.74) is 3.71. The van der Waals surface area contributed by atoms with Gasteiger partial charge in [0.2, 0.25) is 0 Å². The number of benzene rings is 1. The summed E-state index contributed by atoms with van der Waals surface area (Å²) in [5, 5.41) is 0. The summed E-state index contributed by atoms with van der Waals surface area (Å²) < 4.78 is 11.5. The number of unbranched alkanes of at least 4 members (excludes halogenated alkanes) is 8. The highest BCUT2D eigenvalue weighted by molar-refractivity contribution is 5.64. The third kappa shape index (κ3) is 7.55. The molecule has 3 fully saturated rings. The minimum absolute atomic E-state index is 0.0664. The molecule has 0 spiro atoms. The Balaban J connectivity index is 1.11. The van der Waals surface area contributed by atoms with Crippen LogP contribution in [0, 0.1) is 34.5 Å². The van der Waals surface area contributed by atoms with Gasteiger partial charge >= 0.3 is 6.16 Å². The van der Waals surface area contributed by atoms with Gasteiger partial charge in [-0.25, -0.2) is 4.79 Å². The quantitative estimate of drug-likeness (QED) is 0.0935. The SMILES string of the molecule is CCCCCCCCC1CCC2C3CC=C4C[C@@H](OC(=O)Oc5ccc(CCCCCC)cc5)CC[C@]4(C)C3CC[C@]12C. The van der Waals surface area contributed by atoms with Crippen molar-refractivity contribution < 1.29 is 14.3 Å². The Morgan fingerprint density at radius 2 is 1.53 bits per heavy atom. The number of fused-ring (bicyclic) bond motifs is 5. The molecule has 0 heterocycles. The average molecular weight is 591 g/mol. The molecule has 240 valence electrons. The van der Waals surface area contributed by atoms with E-state index in [4.69, 9.17) is 9.47 Å². The van der Waals surface area contributed by atoms with E-state index in [1.807, 2.05) is 12.1 Å². The summed E-state index contributed by atoms with van der Waals surface area (Å²) in [5.74, 6) is 4.07. The molecule has 7 atom stereocenters. The van der Waals surface area contributed by atoms with Crippen LogP contribution in [0.2, 0.25) is 0 Å². The predicted molar refractivity (Wildman–Crippen MR) is 178 cm³/mol. The lowest BCUT2D eigenvalue weighted by molar-refractivity contribution is -0.0538. The average Bonchev–Trinajstić information content (AvgIpc) is 3.34. The fourth-order valence-corrected chi connectivity index (χ4v) is 10.2. The molecule has 0 radical (unpaired) electrons. The van der Waals surface area contributed by atoms with Crippen molar-refractivity contribution in [1.82, 2.24) is 0 Å². The molecule has 5 rings (SSSR count). The second kappa shape index (κ2) is 15.0. The van der Waals surface area contributed by atoms with Crippen molar-refractivity contribution in [3.05, 3.63) is 41.5 Å². The molecule has 0 saturated heterocycles. The maximum absolute atomic E-state index is 12.7. The zero-order chi connectivity index (χ0) is 30.3. The second-order valence-corrected chi connectivity index (χ2v) is 15.4. The first-order valence-corrected chi connectivity index (χ1v) is 18.5. The fraction of sp³-hybridized carbons (Fsp3) is 0.775. The highest BCUT2D eigenvalue weighted by atomic mass is 16.7. The number of rotatable bonds is 14. The molecule has 0 bridgehead atoms. The Morgan fingerprint density at radius 1 is 0.814 bits per heavy atom. The molecule has 4 unspecified atom stereocenters. The monoisotopic (exact) mass is 590 g/mol. The molecule has 0 aromatic heterocycles. The minimum Gasteiger partial charge on any atom is -0.430 e. The second-order valence-electron chi connectivity index (χ2n) is 15.4. The number of ether oxygens (including phenoxy) is 2. The van der Waals surface area contributed by atoms with E-state index in [9.17, 15) is 4.79 Å². The summed E-state index contributed by atoms with van der Waals surface area (Å²) in [6.45, 7) is 9.79. The van der Waals surface area contributed by atoms with Crippen molar-refractivity contribution in [2.75, 3.05) is 0 Å². The van der Waals surface area contributed by atoms with Crippen molar-refractivity contribution in [3.8, 4) is 5.75 Å². The summed E-state index contributed by atoms with van der Waals surface area (Å²) in [4.78, 5) is 12.7. The summed E-state index contributed by atoms with van der Waals surface area (Å²) in [7, 11) is 0. The Morgan fingerprint density at radius 3 is 2.30 bits per heavy atom. The number of carbonyl (C=O) groups is 1. The van der Waals surface area contributed by atoms with Crippen molar-refractivity contribution in [2.24, 2.45) is 34.5 Å². The van der Waals surface area contributed by atoms with Crippen molar-refractivity contribution in [3.63, 3.8) is 0 Å². The van der Waals surface area contributed by atoms with E-state index >= 15 is 0 Å². The number of hydrogen-bond donors (Lipinski definition) is 0. The molecule has 4 aliphatic carbocycles. The van der Waals surface area contributed by atoms with E-state index in [0.717, 1.165) is 49.4 Å². The van der Waals surface area contributed by atoms with Gasteiger partial charge in [-0.1, -0.05) is 109 Å². The molecule has 0 amide bonds. The molecular weight excluding hydrogens is 528 g/mol. The fourth-order valence-electron chi connectivity index (χ4n) is 10.2. The molecular formula is C40H62O3. The topological polar surface area (TPSA) is 35.5 Å². The lowest BCUT2D eigenvalue weighted by Gasteiger charge is -2.58. The van der Waals surface area contributed by atoms with E-state index < -0.39 is 6.16 Å². The molecule has 3 heteroatoms. The van der Waals surface area contributed by atoms with Crippen LogP contribution < -0.4 is 4.74 Å². The molecule has 43 heavy (non-hydrogen) atoms. The summed E-state index contributed by atoms with van der Waals surface area (Å²) in [6.07, 6.45) is 28.0. The Hall–Kier alpha value is -1.77. The highest BCUT2D eigenvalue weighted by Crippen LogP contribution is 2.66. The van der Waals surface area contributed by atoms with E-state index in [-0.39, 0.29) is 11.5 Å². The third-order valence-corrected chi connectivity index (χ3v) is 12.9. The molecule has 0 aliphatic heterocycles. The van der Waals surface area contributed by atoms with Gasteiger partial charge in [0.1, 0.15) is 11.9 Å². The van der Waals surface area contributed by atoms with E-state index in [1.165, 1.54) is 108 Å². The van der Waals surface area contributed by atoms with Crippen LogP contribution in [-0.2, 0) is 11.2 Å². The van der Waals surface area contributed by atoms with Crippen molar-refractivity contribution in [2.45, 2.75) is 162 Å². The van der Waals surface area contributed by atoms with Crippen LogP contribution in [0.4, 0.5) is 4.79 Å². The largest absolute Gasteiger partial charge is 0.514 e. The van der Waals surface area contributed by atoms with E-state index in [0.29, 0.717) is 11.2 Å². The predicted octanol–water partition coefficient (Wildman–Crippen LogP) is 12.0. The van der Waals surface area contributed by atoms with Crippen LogP contribution in [-0.4, -0.2) is 12.3 Å². The van der Waals surface area contributed by atoms with Gasteiger partial charge in [-0.2, -0.15) is 0 Å². The minimum atomic E-state index is -0.547. The summed E-state index contributed by atoms with van der Waals surface area (Å²) >= 11 is 0. The van der Waals surface area contributed by atoms with Gasteiger partial charge in [0, 0.05) is 6.42 Å². The Bertz CT molecular complexity index is 1060. The standard InChI is InChI=1S/C40H62O3/c1-5-7-9-11-12-14-16-31-20-24-36-35-23-19-32-29-34(25-27-40(32,4)37(35)26-28-39(31,36)3)43-38(41)42-33-21-17-30(18-22-33)15-13-10-8-6-2/h17-19,21-22,31,34-37H,5-16,20,23-29H2,1-4H3/t31?,34-,35?,36?,37?,39+,40-/m0/s1. The number of hydrogen-bond acceptors (Lipinski definition) is 3. The molecule has 1 aromatic rings. The lowest BCUT2D eigenvalue weighted by Crippen LogP contribution is -2.50. The van der Waals surface area contributed by atoms with Crippen molar-refractivity contribution in [1.29, 1.82) is 0 Å². The first-order valence-electron chi connectivity index (χ1n) is 18.5. The lowest BCUT2D eigenvalue weighted by atomic mass is 9.47. The zero-order valence-corrected chi connectivity index (χ0v) is 28.1. The van der Waals surface area contributed by atoms with Gasteiger partial charge in [0.25, 0.3) is 0 Å². The third-order valence-electron chi connectivity index (χ3n) is 12.9. The van der Waals surface area contributed by atoms with Crippen LogP contribution >= 0.6 is 0 Å². The van der Waals surface area contributed by atoms with Gasteiger partial charge in [0.05, 0.1) is 0 Å². The molecule has 3 saturated carbocycles. The highest BCUT2D eigenvalue weighted by Gasteiger charge is 2.58. The first kappa shape index (κ1) is 32.6. The molecule has 0 N–H and O–H groups in total.